The van der Waals surface area contributed by atoms with E-state index in [4.69, 9.17) is 9.88 Å². The summed E-state index contributed by atoms with van der Waals surface area (Å²) in [6.45, 7) is 2.15. The van der Waals surface area contributed by atoms with Crippen molar-refractivity contribution < 1.29 is 13.2 Å². The van der Waals surface area contributed by atoms with E-state index in [1.807, 2.05) is 24.4 Å². The van der Waals surface area contributed by atoms with Crippen LogP contribution in [-0.4, -0.2) is 20.5 Å². The first-order valence-electron chi connectivity index (χ1n) is 8.93. The van der Waals surface area contributed by atoms with E-state index in [-0.39, 0.29) is 10.8 Å². The molecule has 0 radical (unpaired) electrons. The van der Waals surface area contributed by atoms with Gasteiger partial charge in [0.2, 0.25) is 10.0 Å². The van der Waals surface area contributed by atoms with Crippen molar-refractivity contribution in [3.05, 3.63) is 66.0 Å². The monoisotopic (exact) mass is 384 g/mol. The largest absolute Gasteiger partial charge is 0.497 e. The minimum atomic E-state index is -3.76. The number of hydrogen-bond donors (Lipinski definition) is 1. The van der Waals surface area contributed by atoms with Gasteiger partial charge in [0.15, 0.2) is 0 Å². The number of nitrogens with zero attached hydrogens (tertiary/aromatic N) is 1. The number of ether oxygens (including phenoxy) is 1. The Kier molecular flexibility index (Phi) is 5.77. The summed E-state index contributed by atoms with van der Waals surface area (Å²) in [6.07, 6.45) is 4.16. The van der Waals surface area contributed by atoms with Crippen molar-refractivity contribution in [2.75, 3.05) is 7.11 Å². The molecular formula is C21H24N2O3S. The lowest BCUT2D eigenvalue weighted by molar-refractivity contribution is 0.413. The summed E-state index contributed by atoms with van der Waals surface area (Å²) in [4.78, 5) is 4.75. The summed E-state index contributed by atoms with van der Waals surface area (Å²) in [5, 5.41) is 7.70. The highest BCUT2D eigenvalue weighted by Crippen LogP contribution is 2.28. The van der Waals surface area contributed by atoms with Gasteiger partial charge in [-0.1, -0.05) is 31.2 Å². The van der Waals surface area contributed by atoms with Crippen LogP contribution in [0.15, 0.2) is 59.6 Å². The summed E-state index contributed by atoms with van der Waals surface area (Å²) in [7, 11) is -2.20. The lowest BCUT2D eigenvalue weighted by Crippen LogP contribution is -2.14. The highest BCUT2D eigenvalue weighted by molar-refractivity contribution is 7.89. The second-order valence-corrected chi connectivity index (χ2v) is 8.26. The van der Waals surface area contributed by atoms with Crippen LogP contribution >= 0.6 is 0 Å². The molecule has 0 saturated heterocycles. The molecule has 0 amide bonds. The molecule has 1 aromatic heterocycles. The first-order valence-corrected chi connectivity index (χ1v) is 10.5. The number of primary sulfonamides is 1. The molecule has 142 valence electrons. The Bertz CT molecular complexity index is 1040. The SMILES string of the molecule is COc1ccc(S(N)(=O)=O)c(CCCC(C)c2nccc3ccccc23)c1. The van der Waals surface area contributed by atoms with Gasteiger partial charge < -0.3 is 4.74 Å². The third-order valence-corrected chi connectivity index (χ3v) is 5.84. The van der Waals surface area contributed by atoms with E-state index in [1.165, 1.54) is 16.8 Å². The molecule has 6 heteroatoms. The molecule has 1 atom stereocenters. The smallest absolute Gasteiger partial charge is 0.238 e. The van der Waals surface area contributed by atoms with Crippen LogP contribution in [0.4, 0.5) is 0 Å². The topological polar surface area (TPSA) is 82.3 Å². The molecule has 0 bridgehead atoms. The number of sulfonamides is 1. The van der Waals surface area contributed by atoms with Gasteiger partial charge >= 0.3 is 0 Å². The fourth-order valence-corrected chi connectivity index (χ4v) is 4.21. The molecule has 5 nitrogen and oxygen atoms in total. The zero-order valence-corrected chi connectivity index (χ0v) is 16.4. The number of nitrogens with two attached hydrogens (primary N) is 1. The molecule has 3 aromatic rings. The standard InChI is InChI=1S/C21H24N2O3S/c1-15(21-19-9-4-3-7-16(19)12-13-23-21)6-5-8-17-14-18(26-2)10-11-20(17)27(22,24)25/h3-4,7,9-15H,5-6,8H2,1-2H3,(H2,22,24,25). The van der Waals surface area contributed by atoms with Crippen molar-refractivity contribution in [1.82, 2.24) is 4.98 Å². The number of methoxy groups -OCH3 is 1. The van der Waals surface area contributed by atoms with Gasteiger partial charge in [-0.15, -0.1) is 0 Å². The van der Waals surface area contributed by atoms with Crippen LogP contribution in [0.1, 0.15) is 36.9 Å². The van der Waals surface area contributed by atoms with Gasteiger partial charge in [0.05, 0.1) is 17.7 Å². The van der Waals surface area contributed by atoms with Crippen molar-refractivity contribution in [3.8, 4) is 5.75 Å². The minimum Gasteiger partial charge on any atom is -0.497 e. The van der Waals surface area contributed by atoms with Crippen molar-refractivity contribution in [3.63, 3.8) is 0 Å². The quantitative estimate of drug-likeness (QED) is 0.667. The number of benzene rings is 2. The predicted octanol–water partition coefficient (Wildman–Crippen LogP) is 4.02. The zero-order chi connectivity index (χ0) is 19.4. The van der Waals surface area contributed by atoms with Crippen molar-refractivity contribution in [2.24, 2.45) is 5.14 Å². The summed E-state index contributed by atoms with van der Waals surface area (Å²) in [5.41, 5.74) is 1.76. The maximum Gasteiger partial charge on any atom is 0.238 e. The van der Waals surface area contributed by atoms with Crippen molar-refractivity contribution in [1.29, 1.82) is 0 Å². The molecule has 1 heterocycles. The van der Waals surface area contributed by atoms with Crippen LogP contribution in [0.3, 0.4) is 0 Å². The summed E-state index contributed by atoms with van der Waals surface area (Å²) < 4.78 is 28.9. The van der Waals surface area contributed by atoms with E-state index in [1.54, 1.807) is 19.2 Å². The fraction of sp³-hybridized carbons (Fsp3) is 0.286. The molecule has 2 aromatic carbocycles. The Morgan fingerprint density at radius 2 is 1.93 bits per heavy atom. The van der Waals surface area contributed by atoms with Crippen LogP contribution in [0.2, 0.25) is 0 Å². The lowest BCUT2D eigenvalue weighted by Gasteiger charge is -2.14. The van der Waals surface area contributed by atoms with E-state index in [2.05, 4.69) is 24.0 Å². The number of pyridine rings is 1. The van der Waals surface area contributed by atoms with Crippen LogP contribution in [-0.2, 0) is 16.4 Å². The maximum atomic E-state index is 11.8. The molecule has 2 N–H and O–H groups in total. The first-order chi connectivity index (χ1) is 12.9. The van der Waals surface area contributed by atoms with Gasteiger partial charge in [-0.3, -0.25) is 4.98 Å². The number of hydrogen-bond acceptors (Lipinski definition) is 4. The van der Waals surface area contributed by atoms with Gasteiger partial charge in [0.25, 0.3) is 0 Å². The molecule has 3 rings (SSSR count). The Hall–Kier alpha value is -2.44. The highest BCUT2D eigenvalue weighted by atomic mass is 32.2. The second-order valence-electron chi connectivity index (χ2n) is 6.73. The van der Waals surface area contributed by atoms with Gasteiger partial charge in [-0.05, 0) is 60.4 Å². The molecular weight excluding hydrogens is 360 g/mol. The normalized spacial score (nSPS) is 12.9. The molecule has 0 aliphatic carbocycles. The Morgan fingerprint density at radius 3 is 2.67 bits per heavy atom. The Morgan fingerprint density at radius 1 is 1.15 bits per heavy atom. The molecule has 0 saturated carbocycles. The lowest BCUT2D eigenvalue weighted by atomic mass is 9.94. The highest BCUT2D eigenvalue weighted by Gasteiger charge is 2.16. The van der Waals surface area contributed by atoms with Crippen LogP contribution in [0.5, 0.6) is 5.75 Å². The average molecular weight is 385 g/mol. The number of fused-ring (bicyclic) bond motifs is 1. The number of aromatic nitrogens is 1. The van der Waals surface area contributed by atoms with Gasteiger partial charge in [-0.2, -0.15) is 0 Å². The molecule has 0 aliphatic rings. The van der Waals surface area contributed by atoms with E-state index in [9.17, 15) is 8.42 Å². The Labute approximate surface area is 160 Å². The minimum absolute atomic E-state index is 0.166. The van der Waals surface area contributed by atoms with Crippen LogP contribution in [0.25, 0.3) is 10.8 Å². The molecule has 1 unspecified atom stereocenters. The van der Waals surface area contributed by atoms with Crippen LogP contribution in [0, 0.1) is 0 Å². The molecule has 27 heavy (non-hydrogen) atoms. The van der Waals surface area contributed by atoms with Crippen molar-refractivity contribution >= 4 is 20.8 Å². The van der Waals surface area contributed by atoms with E-state index < -0.39 is 10.0 Å². The summed E-state index contributed by atoms with van der Waals surface area (Å²) in [5.74, 6) is 0.890. The maximum absolute atomic E-state index is 11.8. The zero-order valence-electron chi connectivity index (χ0n) is 15.6. The number of aryl methyl sites for hydroxylation is 1. The molecule has 0 aliphatic heterocycles. The van der Waals surface area contributed by atoms with E-state index in [0.717, 1.165) is 18.5 Å². The average Bonchev–Trinajstić information content (AvgIpc) is 2.66. The predicted molar refractivity (Wildman–Crippen MR) is 107 cm³/mol. The fourth-order valence-electron chi connectivity index (χ4n) is 3.43. The van der Waals surface area contributed by atoms with E-state index >= 15 is 0 Å². The van der Waals surface area contributed by atoms with Gasteiger partial charge in [0, 0.05) is 11.6 Å². The third-order valence-electron chi connectivity index (χ3n) is 4.83. The summed E-state index contributed by atoms with van der Waals surface area (Å²) >= 11 is 0. The second kappa shape index (κ2) is 8.06. The third kappa shape index (κ3) is 4.46. The number of rotatable bonds is 7. The van der Waals surface area contributed by atoms with Gasteiger partial charge in [-0.25, -0.2) is 13.6 Å². The van der Waals surface area contributed by atoms with Crippen molar-refractivity contribution in [2.45, 2.75) is 37.0 Å². The van der Waals surface area contributed by atoms with Gasteiger partial charge in [0.1, 0.15) is 5.75 Å². The van der Waals surface area contributed by atoms with Crippen LogP contribution < -0.4 is 9.88 Å². The Balaban J connectivity index is 1.76. The molecule has 0 spiro atoms. The van der Waals surface area contributed by atoms with E-state index in [0.29, 0.717) is 17.7 Å². The summed E-state index contributed by atoms with van der Waals surface area (Å²) in [6, 6.07) is 15.1. The first kappa shape index (κ1) is 19.3. The molecule has 0 fully saturated rings.